The number of benzene rings is 1. The molecule has 2 rings (SSSR count). The quantitative estimate of drug-likeness (QED) is 0.817. The number of methoxy groups -OCH3 is 1. The van der Waals surface area contributed by atoms with Gasteiger partial charge in [-0.15, -0.1) is 0 Å². The Balaban J connectivity index is 2.08. The van der Waals surface area contributed by atoms with Crippen LogP contribution in [0.25, 0.3) is 0 Å². The van der Waals surface area contributed by atoms with Crippen molar-refractivity contribution < 1.29 is 9.84 Å². The molecule has 2 N–H and O–H groups in total. The molecule has 0 saturated heterocycles. The molecule has 4 heteroatoms. The van der Waals surface area contributed by atoms with E-state index in [0.717, 1.165) is 17.9 Å². The monoisotopic (exact) mass is 218 g/mol. The highest BCUT2D eigenvalue weighted by atomic mass is 16.5. The van der Waals surface area contributed by atoms with Crippen LogP contribution in [0, 0.1) is 0 Å². The van der Waals surface area contributed by atoms with Crippen molar-refractivity contribution in [2.75, 3.05) is 7.11 Å². The summed E-state index contributed by atoms with van der Waals surface area (Å²) in [4.78, 5) is 0. The zero-order chi connectivity index (χ0) is 11.4. The Labute approximate surface area is 93.9 Å². The topological polar surface area (TPSA) is 58.1 Å². The summed E-state index contributed by atoms with van der Waals surface area (Å²) in [7, 11) is 1.65. The number of H-pyrrole nitrogens is 1. The maximum absolute atomic E-state index is 8.89. The van der Waals surface area contributed by atoms with Gasteiger partial charge >= 0.3 is 0 Å². The van der Waals surface area contributed by atoms with E-state index in [0.29, 0.717) is 5.69 Å². The van der Waals surface area contributed by atoms with Crippen LogP contribution in [-0.2, 0) is 13.0 Å². The Kier molecular flexibility index (Phi) is 3.22. The lowest BCUT2D eigenvalue weighted by Gasteiger charge is -2.01. The molecule has 1 aromatic carbocycles. The maximum atomic E-state index is 8.89. The van der Waals surface area contributed by atoms with E-state index >= 15 is 0 Å². The summed E-state index contributed by atoms with van der Waals surface area (Å²) in [5, 5.41) is 15.7. The normalized spacial score (nSPS) is 10.4. The molecule has 0 radical (unpaired) electrons. The molecule has 84 valence electrons. The maximum Gasteiger partial charge on any atom is 0.118 e. The number of rotatable bonds is 4. The lowest BCUT2D eigenvalue weighted by Crippen LogP contribution is -1.89. The van der Waals surface area contributed by atoms with Crippen molar-refractivity contribution in [3.63, 3.8) is 0 Å². The first-order chi connectivity index (χ1) is 7.81. The van der Waals surface area contributed by atoms with Crippen LogP contribution in [-0.4, -0.2) is 22.4 Å². The number of aromatic nitrogens is 2. The molecule has 0 unspecified atom stereocenters. The third-order valence-electron chi connectivity index (χ3n) is 2.40. The summed E-state index contributed by atoms with van der Waals surface area (Å²) in [5.74, 6) is 0.851. The van der Waals surface area contributed by atoms with E-state index in [4.69, 9.17) is 9.84 Å². The van der Waals surface area contributed by atoms with E-state index in [1.165, 1.54) is 5.56 Å². The summed E-state index contributed by atoms with van der Waals surface area (Å²) < 4.78 is 5.09. The Bertz CT molecular complexity index is 448. The van der Waals surface area contributed by atoms with Crippen LogP contribution in [0.1, 0.15) is 17.0 Å². The first-order valence-corrected chi connectivity index (χ1v) is 5.09. The van der Waals surface area contributed by atoms with Gasteiger partial charge in [0.25, 0.3) is 0 Å². The summed E-state index contributed by atoms with van der Waals surface area (Å²) in [5.41, 5.74) is 2.84. The van der Waals surface area contributed by atoms with Crippen LogP contribution in [0.3, 0.4) is 0 Å². The smallest absolute Gasteiger partial charge is 0.118 e. The van der Waals surface area contributed by atoms with E-state index in [-0.39, 0.29) is 6.61 Å². The van der Waals surface area contributed by atoms with Gasteiger partial charge in [0.15, 0.2) is 0 Å². The van der Waals surface area contributed by atoms with Crippen LogP contribution in [0.5, 0.6) is 5.75 Å². The van der Waals surface area contributed by atoms with Gasteiger partial charge in [0, 0.05) is 12.1 Å². The number of aromatic amines is 1. The minimum Gasteiger partial charge on any atom is -0.497 e. The lowest BCUT2D eigenvalue weighted by molar-refractivity contribution is 0.276. The number of nitrogens with one attached hydrogen (secondary N) is 1. The molecule has 1 heterocycles. The van der Waals surface area contributed by atoms with E-state index < -0.39 is 0 Å². The SMILES string of the molecule is COc1ccc(Cc2cc(CO)n[nH]2)cc1. The zero-order valence-corrected chi connectivity index (χ0v) is 9.10. The summed E-state index contributed by atoms with van der Waals surface area (Å²) in [6, 6.07) is 9.75. The molecule has 1 aromatic heterocycles. The van der Waals surface area contributed by atoms with Gasteiger partial charge in [0.1, 0.15) is 5.75 Å². The predicted octanol–water partition coefficient (Wildman–Crippen LogP) is 1.50. The third-order valence-corrected chi connectivity index (χ3v) is 2.40. The fourth-order valence-electron chi connectivity index (χ4n) is 1.54. The van der Waals surface area contributed by atoms with Crippen LogP contribution in [0.4, 0.5) is 0 Å². The highest BCUT2D eigenvalue weighted by molar-refractivity contribution is 5.29. The Morgan fingerprint density at radius 3 is 2.62 bits per heavy atom. The third kappa shape index (κ3) is 2.41. The molecule has 0 fully saturated rings. The van der Waals surface area contributed by atoms with Gasteiger partial charge in [-0.3, -0.25) is 5.10 Å². The molecule has 0 spiro atoms. The molecular formula is C12H14N2O2. The number of aliphatic hydroxyl groups excluding tert-OH is 1. The van der Waals surface area contributed by atoms with Crippen LogP contribution in [0.15, 0.2) is 30.3 Å². The first kappa shape index (κ1) is 10.7. The molecule has 0 bridgehead atoms. The highest BCUT2D eigenvalue weighted by Crippen LogP contribution is 2.14. The molecule has 0 aliphatic carbocycles. The molecule has 0 aliphatic rings. The van der Waals surface area contributed by atoms with Crippen LogP contribution in [0.2, 0.25) is 0 Å². The molecular weight excluding hydrogens is 204 g/mol. The number of hydrogen-bond acceptors (Lipinski definition) is 3. The van der Waals surface area contributed by atoms with Gasteiger partial charge in [-0.2, -0.15) is 5.10 Å². The van der Waals surface area contributed by atoms with Crippen molar-refractivity contribution in [1.29, 1.82) is 0 Å². The van der Waals surface area contributed by atoms with Gasteiger partial charge in [-0.05, 0) is 23.8 Å². The second kappa shape index (κ2) is 4.81. The average molecular weight is 218 g/mol. The van der Waals surface area contributed by atoms with Crippen molar-refractivity contribution in [3.05, 3.63) is 47.3 Å². The van der Waals surface area contributed by atoms with E-state index in [9.17, 15) is 0 Å². The molecule has 0 amide bonds. The molecule has 16 heavy (non-hydrogen) atoms. The molecule has 0 aliphatic heterocycles. The number of aliphatic hydroxyl groups is 1. The van der Waals surface area contributed by atoms with Gasteiger partial charge in [-0.1, -0.05) is 12.1 Å². The molecule has 0 atom stereocenters. The van der Waals surface area contributed by atoms with E-state index in [1.807, 2.05) is 30.3 Å². The zero-order valence-electron chi connectivity index (χ0n) is 9.10. The van der Waals surface area contributed by atoms with Crippen molar-refractivity contribution >= 4 is 0 Å². The number of nitrogens with zero attached hydrogens (tertiary/aromatic N) is 1. The molecule has 4 nitrogen and oxygen atoms in total. The average Bonchev–Trinajstić information content (AvgIpc) is 2.78. The molecule has 2 aromatic rings. The fourth-order valence-corrected chi connectivity index (χ4v) is 1.54. The summed E-state index contributed by atoms with van der Waals surface area (Å²) in [6.45, 7) is -0.0287. The van der Waals surface area contributed by atoms with Gasteiger partial charge in [0.2, 0.25) is 0 Å². The van der Waals surface area contributed by atoms with Gasteiger partial charge in [-0.25, -0.2) is 0 Å². The second-order valence-corrected chi connectivity index (χ2v) is 3.57. The van der Waals surface area contributed by atoms with Crippen molar-refractivity contribution in [3.8, 4) is 5.75 Å². The van der Waals surface area contributed by atoms with Crippen molar-refractivity contribution in [2.45, 2.75) is 13.0 Å². The van der Waals surface area contributed by atoms with Crippen LogP contribution < -0.4 is 4.74 Å². The fraction of sp³-hybridized carbons (Fsp3) is 0.250. The van der Waals surface area contributed by atoms with Crippen molar-refractivity contribution in [2.24, 2.45) is 0 Å². The Hall–Kier alpha value is -1.81. The minimum absolute atomic E-state index is 0.0287. The number of ether oxygens (including phenoxy) is 1. The van der Waals surface area contributed by atoms with E-state index in [1.54, 1.807) is 7.11 Å². The number of hydrogen-bond donors (Lipinski definition) is 2. The summed E-state index contributed by atoms with van der Waals surface area (Å²) in [6.07, 6.45) is 0.775. The second-order valence-electron chi connectivity index (χ2n) is 3.57. The Morgan fingerprint density at radius 2 is 2.06 bits per heavy atom. The van der Waals surface area contributed by atoms with Crippen LogP contribution >= 0.6 is 0 Å². The predicted molar refractivity (Wildman–Crippen MR) is 60.3 cm³/mol. The largest absolute Gasteiger partial charge is 0.497 e. The summed E-state index contributed by atoms with van der Waals surface area (Å²) >= 11 is 0. The van der Waals surface area contributed by atoms with E-state index in [2.05, 4.69) is 10.2 Å². The van der Waals surface area contributed by atoms with Crippen molar-refractivity contribution in [1.82, 2.24) is 10.2 Å². The van der Waals surface area contributed by atoms with Gasteiger partial charge < -0.3 is 9.84 Å². The minimum atomic E-state index is -0.0287. The Morgan fingerprint density at radius 1 is 1.31 bits per heavy atom. The highest BCUT2D eigenvalue weighted by Gasteiger charge is 2.01. The lowest BCUT2D eigenvalue weighted by atomic mass is 10.1. The standard InChI is InChI=1S/C12H14N2O2/c1-16-12-4-2-9(3-5-12)6-10-7-11(8-15)14-13-10/h2-5,7,15H,6,8H2,1H3,(H,13,14). The van der Waals surface area contributed by atoms with Gasteiger partial charge in [0.05, 0.1) is 19.4 Å². The first-order valence-electron chi connectivity index (χ1n) is 5.09. The molecule has 0 saturated carbocycles.